The van der Waals surface area contributed by atoms with Crippen LogP contribution in [0.3, 0.4) is 0 Å². The molecule has 2 saturated heterocycles. The van der Waals surface area contributed by atoms with Gasteiger partial charge in [-0.3, -0.25) is 9.59 Å². The summed E-state index contributed by atoms with van der Waals surface area (Å²) >= 11 is 1.40. The van der Waals surface area contributed by atoms with Crippen molar-refractivity contribution in [3.05, 3.63) is 35.9 Å². The van der Waals surface area contributed by atoms with Gasteiger partial charge < -0.3 is 20.3 Å². The van der Waals surface area contributed by atoms with Crippen molar-refractivity contribution in [2.24, 2.45) is 11.7 Å². The second-order valence-electron chi connectivity index (χ2n) is 6.80. The van der Waals surface area contributed by atoms with Crippen LogP contribution in [0.15, 0.2) is 30.3 Å². The monoisotopic (exact) mass is 413 g/mol. The van der Waals surface area contributed by atoms with Crippen molar-refractivity contribution in [2.75, 3.05) is 57.4 Å². The van der Waals surface area contributed by atoms with Crippen LogP contribution in [0.25, 0.3) is 0 Å². The van der Waals surface area contributed by atoms with E-state index in [2.05, 4.69) is 12.1 Å². The van der Waals surface area contributed by atoms with Gasteiger partial charge >= 0.3 is 0 Å². The lowest BCUT2D eigenvalue weighted by Crippen LogP contribution is -2.41. The summed E-state index contributed by atoms with van der Waals surface area (Å²) in [6, 6.07) is 10.3. The van der Waals surface area contributed by atoms with Crippen LogP contribution in [0.2, 0.25) is 0 Å². The predicted molar refractivity (Wildman–Crippen MR) is 110 cm³/mol. The molecule has 2 N–H and O–H groups in total. The van der Waals surface area contributed by atoms with E-state index in [-0.39, 0.29) is 24.2 Å². The maximum atomic E-state index is 12.6. The average molecular weight is 414 g/mol. The zero-order valence-corrected chi connectivity index (χ0v) is 17.1. The minimum atomic E-state index is 0. The number of hydrogen-bond donors (Lipinski definition) is 1. The molecule has 0 unspecified atom stereocenters. The van der Waals surface area contributed by atoms with Crippen LogP contribution in [0, 0.1) is 5.92 Å². The van der Waals surface area contributed by atoms with E-state index in [0.717, 1.165) is 0 Å². The Morgan fingerprint density at radius 2 is 1.67 bits per heavy atom. The third kappa shape index (κ3) is 5.85. The predicted octanol–water partition coefficient (Wildman–Crippen LogP) is 1.20. The molecule has 0 saturated carbocycles. The number of benzene rings is 1. The van der Waals surface area contributed by atoms with E-state index in [0.29, 0.717) is 69.3 Å². The molecular formula is C19H28ClN3O3S. The minimum Gasteiger partial charge on any atom is -0.378 e. The standard InChI is InChI=1S/C19H27N3O3S.ClH/c20-10-16-11-22(12-17(16)15-4-2-1-3-5-15)19(24)14-26-13-18(23)21-6-8-25-9-7-21;/h1-5,16-17H,6-14,20H2;1H/t16-,17+;/m1./s1. The molecule has 0 bridgehead atoms. The molecule has 8 heteroatoms. The summed E-state index contributed by atoms with van der Waals surface area (Å²) < 4.78 is 5.26. The molecule has 3 rings (SSSR count). The van der Waals surface area contributed by atoms with Crippen LogP contribution in [-0.4, -0.2) is 79.1 Å². The van der Waals surface area contributed by atoms with E-state index >= 15 is 0 Å². The van der Waals surface area contributed by atoms with Gasteiger partial charge in [-0.1, -0.05) is 30.3 Å². The normalized spacial score (nSPS) is 22.4. The summed E-state index contributed by atoms with van der Waals surface area (Å²) in [5, 5.41) is 0. The van der Waals surface area contributed by atoms with Gasteiger partial charge in [-0.15, -0.1) is 24.2 Å². The first-order chi connectivity index (χ1) is 12.7. The van der Waals surface area contributed by atoms with Crippen LogP contribution in [-0.2, 0) is 14.3 Å². The Morgan fingerprint density at radius 3 is 2.30 bits per heavy atom. The molecular weight excluding hydrogens is 386 g/mol. The van der Waals surface area contributed by atoms with Crippen molar-refractivity contribution < 1.29 is 14.3 Å². The second-order valence-corrected chi connectivity index (χ2v) is 7.78. The number of carbonyl (C=O) groups excluding carboxylic acids is 2. The summed E-state index contributed by atoms with van der Waals surface area (Å²) in [7, 11) is 0. The van der Waals surface area contributed by atoms with Gasteiger partial charge in [0.25, 0.3) is 0 Å². The number of carbonyl (C=O) groups is 2. The average Bonchev–Trinajstić information content (AvgIpc) is 3.14. The highest BCUT2D eigenvalue weighted by molar-refractivity contribution is 8.00. The smallest absolute Gasteiger partial charge is 0.232 e. The molecule has 0 radical (unpaired) electrons. The van der Waals surface area contributed by atoms with Gasteiger partial charge in [0.1, 0.15) is 0 Å². The fraction of sp³-hybridized carbons (Fsp3) is 0.579. The number of ether oxygens (including phenoxy) is 1. The van der Waals surface area contributed by atoms with Crippen molar-refractivity contribution >= 4 is 36.0 Å². The number of rotatable bonds is 6. The van der Waals surface area contributed by atoms with Crippen molar-refractivity contribution in [2.45, 2.75) is 5.92 Å². The van der Waals surface area contributed by atoms with E-state index in [1.165, 1.54) is 17.3 Å². The van der Waals surface area contributed by atoms with Crippen molar-refractivity contribution in [3.63, 3.8) is 0 Å². The first-order valence-corrected chi connectivity index (χ1v) is 10.3. The molecule has 1 aromatic carbocycles. The molecule has 150 valence electrons. The molecule has 1 aromatic rings. The third-order valence-electron chi connectivity index (χ3n) is 5.14. The summed E-state index contributed by atoms with van der Waals surface area (Å²) in [5.74, 6) is 1.47. The largest absolute Gasteiger partial charge is 0.378 e. The van der Waals surface area contributed by atoms with Crippen molar-refractivity contribution in [1.82, 2.24) is 9.80 Å². The molecule has 2 aliphatic heterocycles. The Morgan fingerprint density at radius 1 is 1.04 bits per heavy atom. The zero-order chi connectivity index (χ0) is 18.4. The lowest BCUT2D eigenvalue weighted by atomic mass is 9.89. The van der Waals surface area contributed by atoms with Crippen LogP contribution in [0.5, 0.6) is 0 Å². The number of amides is 2. The molecule has 0 spiro atoms. The number of thioether (sulfide) groups is 1. The molecule has 2 heterocycles. The van der Waals surface area contributed by atoms with Crippen LogP contribution in [0.1, 0.15) is 11.5 Å². The Balaban J connectivity index is 0.00000261. The van der Waals surface area contributed by atoms with E-state index in [1.807, 2.05) is 28.0 Å². The van der Waals surface area contributed by atoms with Crippen molar-refractivity contribution in [3.8, 4) is 0 Å². The quantitative estimate of drug-likeness (QED) is 0.758. The molecule has 0 aromatic heterocycles. The molecule has 2 atom stereocenters. The summed E-state index contributed by atoms with van der Waals surface area (Å²) in [6.07, 6.45) is 0. The van der Waals surface area contributed by atoms with Crippen LogP contribution >= 0.6 is 24.2 Å². The van der Waals surface area contributed by atoms with Gasteiger partial charge in [0.05, 0.1) is 24.7 Å². The van der Waals surface area contributed by atoms with Gasteiger partial charge in [-0.2, -0.15) is 0 Å². The van der Waals surface area contributed by atoms with Crippen LogP contribution < -0.4 is 5.73 Å². The topological polar surface area (TPSA) is 75.9 Å². The van der Waals surface area contributed by atoms with E-state index in [1.54, 1.807) is 0 Å². The zero-order valence-electron chi connectivity index (χ0n) is 15.4. The SMILES string of the molecule is Cl.NC[C@@H]1CN(C(=O)CSCC(=O)N2CCOCC2)C[C@H]1c1ccccc1. The Hall–Kier alpha value is -1.28. The fourth-order valence-electron chi connectivity index (χ4n) is 3.61. The number of nitrogens with two attached hydrogens (primary N) is 1. The molecule has 6 nitrogen and oxygen atoms in total. The summed E-state index contributed by atoms with van der Waals surface area (Å²) in [6.45, 7) is 4.49. The lowest BCUT2D eigenvalue weighted by Gasteiger charge is -2.26. The molecule has 2 fully saturated rings. The van der Waals surface area contributed by atoms with E-state index in [4.69, 9.17) is 10.5 Å². The van der Waals surface area contributed by atoms with Crippen LogP contribution in [0.4, 0.5) is 0 Å². The first kappa shape index (κ1) is 22.0. The van der Waals surface area contributed by atoms with Gasteiger partial charge in [-0.25, -0.2) is 0 Å². The molecule has 2 aliphatic rings. The molecule has 2 amide bonds. The Bertz CT molecular complexity index is 613. The third-order valence-corrected chi connectivity index (χ3v) is 6.04. The van der Waals surface area contributed by atoms with Gasteiger partial charge in [-0.05, 0) is 18.0 Å². The van der Waals surface area contributed by atoms with E-state index < -0.39 is 0 Å². The maximum Gasteiger partial charge on any atom is 0.232 e. The number of nitrogens with zero attached hydrogens (tertiary/aromatic N) is 2. The van der Waals surface area contributed by atoms with Gasteiger partial charge in [0.2, 0.25) is 11.8 Å². The Kier molecular flexibility index (Phi) is 8.89. The summed E-state index contributed by atoms with van der Waals surface area (Å²) in [4.78, 5) is 28.4. The number of hydrogen-bond acceptors (Lipinski definition) is 5. The lowest BCUT2D eigenvalue weighted by molar-refractivity contribution is -0.132. The highest BCUT2D eigenvalue weighted by Gasteiger charge is 2.35. The number of halogens is 1. The van der Waals surface area contributed by atoms with Gasteiger partial charge in [0, 0.05) is 32.1 Å². The van der Waals surface area contributed by atoms with Gasteiger partial charge in [0.15, 0.2) is 0 Å². The fourth-order valence-corrected chi connectivity index (χ4v) is 4.43. The highest BCUT2D eigenvalue weighted by Crippen LogP contribution is 2.32. The number of morpholine rings is 1. The minimum absolute atomic E-state index is 0. The highest BCUT2D eigenvalue weighted by atomic mass is 35.5. The summed E-state index contributed by atoms with van der Waals surface area (Å²) in [5.41, 5.74) is 7.19. The second kappa shape index (κ2) is 10.9. The first-order valence-electron chi connectivity index (χ1n) is 9.15. The molecule has 0 aliphatic carbocycles. The van der Waals surface area contributed by atoms with Crippen molar-refractivity contribution in [1.29, 1.82) is 0 Å². The maximum absolute atomic E-state index is 12.6. The number of likely N-dealkylation sites (tertiary alicyclic amines) is 1. The van der Waals surface area contributed by atoms with E-state index in [9.17, 15) is 9.59 Å². The molecule has 27 heavy (non-hydrogen) atoms. The Labute approximate surface area is 171 Å².